The Bertz CT molecular complexity index is 616. The summed E-state index contributed by atoms with van der Waals surface area (Å²) in [4.78, 5) is 11.3. The molecular formula is C25H39F3O. The lowest BCUT2D eigenvalue weighted by molar-refractivity contribution is -0.196. The van der Waals surface area contributed by atoms with Gasteiger partial charge in [0.05, 0.1) is 5.92 Å². The normalized spacial score (nSPS) is 52.8. The summed E-state index contributed by atoms with van der Waals surface area (Å²) in [5.74, 6) is 4.70. The maximum absolute atomic E-state index is 13.2. The predicted octanol–water partition coefficient (Wildman–Crippen LogP) is 7.15. The van der Waals surface area contributed by atoms with Crippen molar-refractivity contribution in [2.75, 3.05) is 0 Å². The minimum atomic E-state index is -4.00. The number of alkyl halides is 3. The van der Waals surface area contributed by atoms with Gasteiger partial charge in [-0.25, -0.2) is 0 Å². The second kappa shape index (κ2) is 7.55. The van der Waals surface area contributed by atoms with Crippen molar-refractivity contribution in [3.8, 4) is 0 Å². The van der Waals surface area contributed by atoms with Gasteiger partial charge in [0, 0.05) is 6.42 Å². The van der Waals surface area contributed by atoms with Gasteiger partial charge in [0.15, 0.2) is 0 Å². The summed E-state index contributed by atoms with van der Waals surface area (Å²) < 4.78 is 39.7. The van der Waals surface area contributed by atoms with Gasteiger partial charge in [-0.15, -0.1) is 0 Å². The van der Waals surface area contributed by atoms with E-state index >= 15 is 0 Å². The van der Waals surface area contributed by atoms with E-state index in [1.807, 2.05) is 13.8 Å². The molecule has 5 fully saturated rings. The van der Waals surface area contributed by atoms with Crippen molar-refractivity contribution in [1.82, 2.24) is 0 Å². The van der Waals surface area contributed by atoms with E-state index in [4.69, 9.17) is 0 Å². The molecule has 5 saturated carbocycles. The third-order valence-electron chi connectivity index (χ3n) is 10.3. The lowest BCUT2D eigenvalue weighted by Crippen LogP contribution is -2.51. The highest BCUT2D eigenvalue weighted by atomic mass is 19.4. The largest absolute Gasteiger partial charge is 0.391 e. The molecular weight excluding hydrogens is 373 g/mol. The van der Waals surface area contributed by atoms with E-state index in [9.17, 15) is 18.0 Å². The van der Waals surface area contributed by atoms with E-state index in [1.54, 1.807) is 0 Å². The Labute approximate surface area is 174 Å². The van der Waals surface area contributed by atoms with Gasteiger partial charge in [-0.3, -0.25) is 0 Å². The number of carbonyl (C=O) groups is 1. The maximum atomic E-state index is 13.2. The molecule has 0 aromatic rings. The van der Waals surface area contributed by atoms with E-state index in [2.05, 4.69) is 13.8 Å². The van der Waals surface area contributed by atoms with Gasteiger partial charge in [0.2, 0.25) is 0 Å². The van der Waals surface area contributed by atoms with Crippen LogP contribution in [-0.2, 0) is 4.79 Å². The van der Waals surface area contributed by atoms with Crippen LogP contribution >= 0.6 is 0 Å². The number of hydrogen-bond donors (Lipinski definition) is 0. The molecule has 5 rings (SSSR count). The fraction of sp³-hybridized carbons (Fsp3) is 0.960. The Balaban J connectivity index is 0.000000994. The molecule has 0 heterocycles. The number of carbonyl (C=O) groups excluding carboxylic acids is 1. The van der Waals surface area contributed by atoms with Crippen LogP contribution in [0.1, 0.15) is 79.1 Å². The fourth-order valence-corrected chi connectivity index (χ4v) is 9.28. The molecule has 166 valence electrons. The smallest absolute Gasteiger partial charge is 0.303 e. The highest BCUT2D eigenvalue weighted by Crippen LogP contribution is 2.77. The molecule has 5 aliphatic carbocycles. The summed E-state index contributed by atoms with van der Waals surface area (Å²) in [5.41, 5.74) is 0.305. The van der Waals surface area contributed by atoms with Gasteiger partial charge in [0.25, 0.3) is 0 Å². The summed E-state index contributed by atoms with van der Waals surface area (Å²) in [5, 5.41) is 0. The number of rotatable bonds is 2. The van der Waals surface area contributed by atoms with E-state index in [0.717, 1.165) is 55.6 Å². The van der Waals surface area contributed by atoms with Crippen LogP contribution in [0.3, 0.4) is 0 Å². The zero-order chi connectivity index (χ0) is 21.1. The second-order valence-corrected chi connectivity index (χ2v) is 11.0. The highest BCUT2D eigenvalue weighted by molar-refractivity contribution is 5.51. The quantitative estimate of drug-likeness (QED) is 0.440. The SMILES string of the molecule is CC.C[C@@H]1C2C1C1C3CCC4CC(C(F)(F)F)CCC4C3CC[C@]1(C)C2CC=O. The third-order valence-corrected chi connectivity index (χ3v) is 10.3. The first-order chi connectivity index (χ1) is 13.8. The lowest BCUT2D eigenvalue weighted by Gasteiger charge is -2.57. The number of aldehydes is 1. The molecule has 0 saturated heterocycles. The summed E-state index contributed by atoms with van der Waals surface area (Å²) >= 11 is 0. The molecule has 9 unspecified atom stereocenters. The topological polar surface area (TPSA) is 17.1 Å². The molecule has 0 N–H and O–H groups in total. The summed E-state index contributed by atoms with van der Waals surface area (Å²) in [6, 6.07) is 0. The predicted molar refractivity (Wildman–Crippen MR) is 109 cm³/mol. The molecule has 0 aromatic carbocycles. The van der Waals surface area contributed by atoms with Crippen molar-refractivity contribution < 1.29 is 18.0 Å². The molecule has 0 aliphatic heterocycles. The van der Waals surface area contributed by atoms with Crippen molar-refractivity contribution in [2.45, 2.75) is 85.2 Å². The molecule has 29 heavy (non-hydrogen) atoms. The van der Waals surface area contributed by atoms with Gasteiger partial charge in [-0.05, 0) is 104 Å². The monoisotopic (exact) mass is 412 g/mol. The van der Waals surface area contributed by atoms with Gasteiger partial charge >= 0.3 is 6.18 Å². The van der Waals surface area contributed by atoms with Crippen LogP contribution < -0.4 is 0 Å². The zero-order valence-corrected chi connectivity index (χ0v) is 18.5. The zero-order valence-electron chi connectivity index (χ0n) is 18.5. The maximum Gasteiger partial charge on any atom is 0.391 e. The Morgan fingerprint density at radius 3 is 2.31 bits per heavy atom. The minimum Gasteiger partial charge on any atom is -0.303 e. The molecule has 11 atom stereocenters. The molecule has 0 spiro atoms. The lowest BCUT2D eigenvalue weighted by atomic mass is 9.47. The van der Waals surface area contributed by atoms with Crippen molar-refractivity contribution >= 4 is 6.29 Å². The first-order valence-electron chi connectivity index (χ1n) is 12.3. The van der Waals surface area contributed by atoms with E-state index in [1.165, 1.54) is 12.8 Å². The van der Waals surface area contributed by atoms with Crippen LogP contribution in [0, 0.1) is 64.6 Å². The number of halogens is 3. The summed E-state index contributed by atoms with van der Waals surface area (Å²) in [6.07, 6.45) is 3.92. The molecule has 1 nitrogen and oxygen atoms in total. The molecule has 0 amide bonds. The van der Waals surface area contributed by atoms with Gasteiger partial charge < -0.3 is 4.79 Å². The van der Waals surface area contributed by atoms with Crippen LogP contribution in [0.5, 0.6) is 0 Å². The average Bonchev–Trinajstić information content (AvgIpc) is 3.25. The van der Waals surface area contributed by atoms with Gasteiger partial charge in [-0.1, -0.05) is 27.7 Å². The molecule has 4 heteroatoms. The van der Waals surface area contributed by atoms with Crippen molar-refractivity contribution in [1.29, 1.82) is 0 Å². The standard InChI is InChI=1S/C23H33F3O.C2H6/c1-12-19-18(8-10-27)22(2)9-7-16-15-6-4-14(23(24,25)26)11-13(15)3-5-17(16)21(22)20(12)19;1-2/h10,12-21H,3-9,11H2,1-2H3;1-2H3/t12-,13?,14?,15?,16?,17?,18?,19?,20?,21?,22-;/m1./s1. The average molecular weight is 413 g/mol. The molecule has 0 radical (unpaired) electrons. The van der Waals surface area contributed by atoms with E-state index in [0.29, 0.717) is 47.8 Å². The second-order valence-electron chi connectivity index (χ2n) is 11.0. The van der Waals surface area contributed by atoms with Crippen molar-refractivity contribution in [3.63, 3.8) is 0 Å². The first-order valence-corrected chi connectivity index (χ1v) is 12.3. The molecule has 0 aromatic heterocycles. The Kier molecular flexibility index (Phi) is 5.65. The Hall–Kier alpha value is -0.540. The molecule has 0 bridgehead atoms. The Morgan fingerprint density at radius 1 is 0.966 bits per heavy atom. The number of fused-ring (bicyclic) bond motifs is 7. The Morgan fingerprint density at radius 2 is 1.66 bits per heavy atom. The van der Waals surface area contributed by atoms with Crippen LogP contribution in [0.15, 0.2) is 0 Å². The van der Waals surface area contributed by atoms with Crippen molar-refractivity contribution in [2.24, 2.45) is 64.6 Å². The van der Waals surface area contributed by atoms with E-state index < -0.39 is 12.1 Å². The summed E-state index contributed by atoms with van der Waals surface area (Å²) in [6.45, 7) is 8.82. The van der Waals surface area contributed by atoms with Crippen LogP contribution in [0.4, 0.5) is 13.2 Å². The minimum absolute atomic E-state index is 0.301. The fourth-order valence-electron chi connectivity index (χ4n) is 9.28. The van der Waals surface area contributed by atoms with Gasteiger partial charge in [-0.2, -0.15) is 13.2 Å². The van der Waals surface area contributed by atoms with Crippen LogP contribution in [0.2, 0.25) is 0 Å². The van der Waals surface area contributed by atoms with Crippen molar-refractivity contribution in [3.05, 3.63) is 0 Å². The first kappa shape index (κ1) is 21.7. The highest BCUT2D eigenvalue weighted by Gasteiger charge is 2.72. The summed E-state index contributed by atoms with van der Waals surface area (Å²) in [7, 11) is 0. The van der Waals surface area contributed by atoms with Gasteiger partial charge in [0.1, 0.15) is 6.29 Å². The molecule has 5 aliphatic rings. The van der Waals surface area contributed by atoms with Crippen LogP contribution in [0.25, 0.3) is 0 Å². The number of hydrogen-bond acceptors (Lipinski definition) is 1. The van der Waals surface area contributed by atoms with Crippen LogP contribution in [-0.4, -0.2) is 12.5 Å². The van der Waals surface area contributed by atoms with E-state index in [-0.39, 0.29) is 0 Å². The third kappa shape index (κ3) is 3.21.